The minimum atomic E-state index is -0.195. The first kappa shape index (κ1) is 10.7. The fourth-order valence-corrected chi connectivity index (χ4v) is 3.45. The lowest BCUT2D eigenvalue weighted by molar-refractivity contribution is -0.118. The standard InChI is InChI=1S/C17H13NO/c19-16-15-14(12-7-3-1-4-8-12)17(15,11-18-16)13-9-5-2-6-10-13/h1-11,14-15H/t14-,15?,17-/m1/s1. The summed E-state index contributed by atoms with van der Waals surface area (Å²) >= 11 is 0. The fraction of sp³-hybridized carbons (Fsp3) is 0.176. The molecule has 1 saturated carbocycles. The molecule has 3 atom stereocenters. The van der Waals surface area contributed by atoms with Crippen LogP contribution in [0.1, 0.15) is 17.0 Å². The summed E-state index contributed by atoms with van der Waals surface area (Å²) in [6.07, 6.45) is 1.87. The van der Waals surface area contributed by atoms with Crippen molar-refractivity contribution in [2.75, 3.05) is 0 Å². The quantitative estimate of drug-likeness (QED) is 0.802. The van der Waals surface area contributed by atoms with Gasteiger partial charge in [-0.3, -0.25) is 4.79 Å². The molecule has 0 spiro atoms. The van der Waals surface area contributed by atoms with Gasteiger partial charge in [0.25, 0.3) is 0 Å². The number of amides is 1. The van der Waals surface area contributed by atoms with E-state index < -0.39 is 0 Å². The Kier molecular flexibility index (Phi) is 2.05. The van der Waals surface area contributed by atoms with Crippen molar-refractivity contribution >= 4 is 12.1 Å². The minimum Gasteiger partial charge on any atom is -0.272 e. The first-order chi connectivity index (χ1) is 9.34. The van der Waals surface area contributed by atoms with Gasteiger partial charge in [0.05, 0.1) is 11.3 Å². The van der Waals surface area contributed by atoms with E-state index in [9.17, 15) is 4.79 Å². The molecule has 0 aromatic heterocycles. The first-order valence-corrected chi connectivity index (χ1v) is 6.53. The number of hydrogen-bond acceptors (Lipinski definition) is 1. The molecule has 0 bridgehead atoms. The summed E-state index contributed by atoms with van der Waals surface area (Å²) in [6.45, 7) is 0. The highest BCUT2D eigenvalue weighted by Crippen LogP contribution is 2.67. The number of carbonyl (C=O) groups is 1. The van der Waals surface area contributed by atoms with Crippen molar-refractivity contribution in [1.29, 1.82) is 0 Å². The summed E-state index contributed by atoms with van der Waals surface area (Å²) < 4.78 is 0. The van der Waals surface area contributed by atoms with Gasteiger partial charge in [0, 0.05) is 12.1 Å². The summed E-state index contributed by atoms with van der Waals surface area (Å²) in [7, 11) is 0. The lowest BCUT2D eigenvalue weighted by atomic mass is 9.92. The molecule has 0 saturated heterocycles. The molecule has 0 radical (unpaired) electrons. The third-order valence-corrected chi connectivity index (χ3v) is 4.36. The number of hydrogen-bond donors (Lipinski definition) is 0. The van der Waals surface area contributed by atoms with Crippen LogP contribution in [0.5, 0.6) is 0 Å². The molecule has 1 amide bonds. The molecule has 2 aliphatic rings. The maximum absolute atomic E-state index is 12.0. The van der Waals surface area contributed by atoms with Crippen molar-refractivity contribution < 1.29 is 4.79 Å². The number of benzene rings is 2. The Bertz CT molecular complexity index is 662. The summed E-state index contributed by atoms with van der Waals surface area (Å²) in [5.41, 5.74) is 2.24. The second-order valence-electron chi connectivity index (χ2n) is 5.26. The van der Waals surface area contributed by atoms with Crippen LogP contribution in [-0.2, 0) is 10.2 Å². The molecular weight excluding hydrogens is 234 g/mol. The Labute approximate surface area is 111 Å². The van der Waals surface area contributed by atoms with Crippen LogP contribution in [-0.4, -0.2) is 12.1 Å². The Morgan fingerprint density at radius 2 is 1.47 bits per heavy atom. The molecule has 1 unspecified atom stereocenters. The average molecular weight is 247 g/mol. The second kappa shape index (κ2) is 3.64. The van der Waals surface area contributed by atoms with Gasteiger partial charge in [-0.2, -0.15) is 0 Å². The SMILES string of the molecule is O=C1N=C[C@]2(c3ccccc3)C1[C@H]2c1ccccc1. The monoisotopic (exact) mass is 247 g/mol. The highest BCUT2D eigenvalue weighted by Gasteiger charge is 2.71. The third-order valence-electron chi connectivity index (χ3n) is 4.36. The van der Waals surface area contributed by atoms with E-state index in [2.05, 4.69) is 29.3 Å². The molecule has 92 valence electrons. The van der Waals surface area contributed by atoms with Gasteiger partial charge in [-0.25, -0.2) is 4.99 Å². The predicted octanol–water partition coefficient (Wildman–Crippen LogP) is 2.95. The van der Waals surface area contributed by atoms with Gasteiger partial charge in [-0.05, 0) is 11.1 Å². The molecule has 1 fully saturated rings. The van der Waals surface area contributed by atoms with E-state index in [-0.39, 0.29) is 23.2 Å². The highest BCUT2D eigenvalue weighted by molar-refractivity contribution is 6.07. The topological polar surface area (TPSA) is 29.4 Å². The van der Waals surface area contributed by atoms with Crippen molar-refractivity contribution in [2.45, 2.75) is 11.3 Å². The van der Waals surface area contributed by atoms with Crippen molar-refractivity contribution in [3.05, 3.63) is 71.8 Å². The molecule has 0 N–H and O–H groups in total. The maximum atomic E-state index is 12.0. The molecule has 2 aromatic carbocycles. The summed E-state index contributed by atoms with van der Waals surface area (Å²) in [4.78, 5) is 16.0. The van der Waals surface area contributed by atoms with Crippen molar-refractivity contribution in [1.82, 2.24) is 0 Å². The van der Waals surface area contributed by atoms with Crippen molar-refractivity contribution in [3.8, 4) is 0 Å². The predicted molar refractivity (Wildman–Crippen MR) is 74.3 cm³/mol. The molecule has 1 aliphatic heterocycles. The number of fused-ring (bicyclic) bond motifs is 1. The number of nitrogens with zero attached hydrogens (tertiary/aromatic N) is 1. The van der Waals surface area contributed by atoms with Crippen LogP contribution in [0, 0.1) is 5.92 Å². The molecule has 2 aromatic rings. The number of aliphatic imine (C=N–C) groups is 1. The van der Waals surface area contributed by atoms with Gasteiger partial charge >= 0.3 is 0 Å². The third kappa shape index (κ3) is 1.31. The van der Waals surface area contributed by atoms with Crippen molar-refractivity contribution in [2.24, 2.45) is 10.9 Å². The molecular formula is C17H13NO. The van der Waals surface area contributed by atoms with Gasteiger partial charge in [0.15, 0.2) is 0 Å². The molecule has 19 heavy (non-hydrogen) atoms. The van der Waals surface area contributed by atoms with Crippen LogP contribution in [0.3, 0.4) is 0 Å². The van der Waals surface area contributed by atoms with E-state index in [4.69, 9.17) is 0 Å². The van der Waals surface area contributed by atoms with Crippen LogP contribution in [0.4, 0.5) is 0 Å². The molecule has 2 nitrogen and oxygen atoms in total. The zero-order valence-electron chi connectivity index (χ0n) is 10.4. The van der Waals surface area contributed by atoms with E-state index in [0.29, 0.717) is 0 Å². The molecule has 2 heteroatoms. The van der Waals surface area contributed by atoms with E-state index in [0.717, 1.165) is 0 Å². The van der Waals surface area contributed by atoms with Crippen LogP contribution >= 0.6 is 0 Å². The summed E-state index contributed by atoms with van der Waals surface area (Å²) in [5, 5.41) is 0. The van der Waals surface area contributed by atoms with Crippen LogP contribution in [0.2, 0.25) is 0 Å². The van der Waals surface area contributed by atoms with E-state index in [1.54, 1.807) is 0 Å². The van der Waals surface area contributed by atoms with E-state index in [1.165, 1.54) is 11.1 Å². The number of rotatable bonds is 2. The largest absolute Gasteiger partial charge is 0.272 e. The normalized spacial score (nSPS) is 31.3. The van der Waals surface area contributed by atoms with Gasteiger partial charge in [0.1, 0.15) is 0 Å². The van der Waals surface area contributed by atoms with Crippen molar-refractivity contribution in [3.63, 3.8) is 0 Å². The Morgan fingerprint density at radius 3 is 2.16 bits per heavy atom. The van der Waals surface area contributed by atoms with Gasteiger partial charge in [0.2, 0.25) is 5.91 Å². The van der Waals surface area contributed by atoms with Gasteiger partial charge in [-0.15, -0.1) is 0 Å². The zero-order chi connectivity index (χ0) is 12.9. The van der Waals surface area contributed by atoms with Gasteiger partial charge in [-0.1, -0.05) is 60.7 Å². The Morgan fingerprint density at radius 1 is 0.842 bits per heavy atom. The molecule has 4 rings (SSSR count). The van der Waals surface area contributed by atoms with Crippen LogP contribution in [0.25, 0.3) is 0 Å². The molecule has 1 heterocycles. The second-order valence-corrected chi connectivity index (χ2v) is 5.26. The van der Waals surface area contributed by atoms with Crippen LogP contribution in [0.15, 0.2) is 65.7 Å². The smallest absolute Gasteiger partial charge is 0.250 e. The Hall–Kier alpha value is -2.22. The first-order valence-electron chi connectivity index (χ1n) is 6.53. The maximum Gasteiger partial charge on any atom is 0.250 e. The highest BCUT2D eigenvalue weighted by atomic mass is 16.1. The van der Waals surface area contributed by atoms with Gasteiger partial charge < -0.3 is 0 Å². The molecule has 1 aliphatic carbocycles. The average Bonchev–Trinajstić information content (AvgIpc) is 3.06. The summed E-state index contributed by atoms with van der Waals surface area (Å²) in [5.74, 6) is 0.274. The zero-order valence-corrected chi connectivity index (χ0v) is 10.4. The van der Waals surface area contributed by atoms with E-state index >= 15 is 0 Å². The fourth-order valence-electron chi connectivity index (χ4n) is 3.45. The number of carbonyl (C=O) groups excluding carboxylic acids is 1. The Balaban J connectivity index is 1.84. The summed E-state index contributed by atoms with van der Waals surface area (Å²) in [6, 6.07) is 20.5. The minimum absolute atomic E-state index is 0.00250. The lowest BCUT2D eigenvalue weighted by Crippen LogP contribution is -2.11. The lowest BCUT2D eigenvalue weighted by Gasteiger charge is -2.11. The van der Waals surface area contributed by atoms with Crippen LogP contribution < -0.4 is 0 Å². The van der Waals surface area contributed by atoms with E-state index in [1.807, 2.05) is 42.6 Å².